The molecule has 0 spiro atoms. The first-order chi connectivity index (χ1) is 10.9. The van der Waals surface area contributed by atoms with Crippen LogP contribution in [0.25, 0.3) is 0 Å². The van der Waals surface area contributed by atoms with Crippen LogP contribution >= 0.6 is 23.2 Å². The first kappa shape index (κ1) is 17.4. The Morgan fingerprint density at radius 1 is 1.39 bits per heavy atom. The second-order valence-electron chi connectivity index (χ2n) is 5.00. The molecule has 0 radical (unpaired) electrons. The number of rotatable bonds is 6. The zero-order valence-electron chi connectivity index (χ0n) is 12.4. The third-order valence-electron chi connectivity index (χ3n) is 3.28. The molecule has 2 rings (SSSR count). The summed E-state index contributed by atoms with van der Waals surface area (Å²) in [6, 6.07) is 5.07. The number of nitrogens with zero attached hydrogens (tertiary/aromatic N) is 1. The molecular weight excluding hydrogens is 343 g/mol. The maximum atomic E-state index is 11.9. The van der Waals surface area contributed by atoms with Gasteiger partial charge in [0.25, 0.3) is 11.8 Å². The van der Waals surface area contributed by atoms with Gasteiger partial charge in [0, 0.05) is 13.6 Å². The molecule has 0 aliphatic carbocycles. The van der Waals surface area contributed by atoms with Gasteiger partial charge < -0.3 is 20.1 Å². The molecule has 1 aromatic carbocycles. The lowest BCUT2D eigenvalue weighted by molar-refractivity contribution is -0.126. The number of para-hydroxylation sites is 1. The van der Waals surface area contributed by atoms with E-state index in [0.29, 0.717) is 35.4 Å². The van der Waals surface area contributed by atoms with E-state index in [1.165, 1.54) is 11.9 Å². The van der Waals surface area contributed by atoms with Crippen LogP contribution in [0.3, 0.4) is 0 Å². The van der Waals surface area contributed by atoms with E-state index >= 15 is 0 Å². The summed E-state index contributed by atoms with van der Waals surface area (Å²) < 4.78 is 5.49. The Morgan fingerprint density at radius 3 is 2.61 bits per heavy atom. The van der Waals surface area contributed by atoms with Crippen molar-refractivity contribution in [1.29, 1.82) is 0 Å². The van der Waals surface area contributed by atoms with Crippen LogP contribution in [0.1, 0.15) is 6.42 Å². The molecule has 0 saturated carbocycles. The molecule has 0 saturated heterocycles. The molecule has 1 aliphatic heterocycles. The SMILES string of the molecule is CN1CC(C(=O)NCCCOc2c(Cl)cccc2Cl)=C(O)C1=O. The molecular formula is C15H16Cl2N2O4. The zero-order chi connectivity index (χ0) is 17.0. The lowest BCUT2D eigenvalue weighted by Crippen LogP contribution is -2.29. The van der Waals surface area contributed by atoms with Crippen LogP contribution in [0.5, 0.6) is 5.75 Å². The fourth-order valence-corrected chi connectivity index (χ4v) is 2.56. The molecule has 0 fully saturated rings. The highest BCUT2D eigenvalue weighted by atomic mass is 35.5. The topological polar surface area (TPSA) is 78.9 Å². The van der Waals surface area contributed by atoms with Crippen LogP contribution < -0.4 is 10.1 Å². The Morgan fingerprint density at radius 2 is 2.04 bits per heavy atom. The summed E-state index contributed by atoms with van der Waals surface area (Å²) in [4.78, 5) is 24.6. The van der Waals surface area contributed by atoms with Crippen molar-refractivity contribution < 1.29 is 19.4 Å². The van der Waals surface area contributed by atoms with E-state index in [4.69, 9.17) is 27.9 Å². The largest absolute Gasteiger partial charge is 0.503 e. The van der Waals surface area contributed by atoms with E-state index in [9.17, 15) is 14.7 Å². The van der Waals surface area contributed by atoms with Crippen molar-refractivity contribution in [3.8, 4) is 5.75 Å². The molecule has 1 aromatic rings. The Balaban J connectivity index is 1.76. The average molecular weight is 359 g/mol. The summed E-state index contributed by atoms with van der Waals surface area (Å²) in [7, 11) is 1.51. The third-order valence-corrected chi connectivity index (χ3v) is 3.87. The number of aliphatic hydroxyl groups excluding tert-OH is 1. The van der Waals surface area contributed by atoms with Crippen LogP contribution in [0.15, 0.2) is 29.5 Å². The molecule has 23 heavy (non-hydrogen) atoms. The fraction of sp³-hybridized carbons (Fsp3) is 0.333. The highest BCUT2D eigenvalue weighted by Gasteiger charge is 2.31. The van der Waals surface area contributed by atoms with Crippen molar-refractivity contribution >= 4 is 35.0 Å². The second-order valence-corrected chi connectivity index (χ2v) is 5.81. The fourth-order valence-electron chi connectivity index (χ4n) is 2.05. The molecule has 1 heterocycles. The van der Waals surface area contributed by atoms with Gasteiger partial charge in [0.1, 0.15) is 0 Å². The summed E-state index contributed by atoms with van der Waals surface area (Å²) in [5.41, 5.74) is 0.0765. The number of halogens is 2. The Bertz CT molecular complexity index is 641. The Labute approximate surface area is 143 Å². The van der Waals surface area contributed by atoms with Crippen molar-refractivity contribution in [2.75, 3.05) is 26.7 Å². The summed E-state index contributed by atoms with van der Waals surface area (Å²) in [5, 5.41) is 13.1. The number of carbonyl (C=O) groups is 2. The molecule has 2 N–H and O–H groups in total. The minimum Gasteiger partial charge on any atom is -0.503 e. The number of carbonyl (C=O) groups excluding carboxylic acids is 2. The van der Waals surface area contributed by atoms with Gasteiger partial charge in [-0.1, -0.05) is 29.3 Å². The molecule has 0 unspecified atom stereocenters. The van der Waals surface area contributed by atoms with Gasteiger partial charge in [0.05, 0.1) is 28.8 Å². The number of aliphatic hydroxyl groups is 1. The summed E-state index contributed by atoms with van der Waals surface area (Å²) in [6.45, 7) is 0.741. The van der Waals surface area contributed by atoms with E-state index in [0.717, 1.165) is 0 Å². The van der Waals surface area contributed by atoms with Crippen LogP contribution in [0, 0.1) is 0 Å². The van der Waals surface area contributed by atoms with Gasteiger partial charge in [-0.25, -0.2) is 0 Å². The number of nitrogens with one attached hydrogen (secondary N) is 1. The van der Waals surface area contributed by atoms with Crippen molar-refractivity contribution in [2.24, 2.45) is 0 Å². The van der Waals surface area contributed by atoms with Crippen molar-refractivity contribution in [3.63, 3.8) is 0 Å². The lowest BCUT2D eigenvalue weighted by Gasteiger charge is -2.10. The summed E-state index contributed by atoms with van der Waals surface area (Å²) in [6.07, 6.45) is 0.519. The predicted molar refractivity (Wildman–Crippen MR) is 86.9 cm³/mol. The van der Waals surface area contributed by atoms with E-state index in [2.05, 4.69) is 5.32 Å². The number of ether oxygens (including phenoxy) is 1. The van der Waals surface area contributed by atoms with Crippen molar-refractivity contribution in [3.05, 3.63) is 39.6 Å². The molecule has 0 atom stereocenters. The normalized spacial score (nSPS) is 14.4. The van der Waals surface area contributed by atoms with Gasteiger partial charge in [-0.15, -0.1) is 0 Å². The maximum absolute atomic E-state index is 11.9. The summed E-state index contributed by atoms with van der Waals surface area (Å²) in [5.74, 6) is -1.10. The van der Waals surface area contributed by atoms with Gasteiger partial charge in [-0.3, -0.25) is 9.59 Å². The Hall–Kier alpha value is -1.92. The quantitative estimate of drug-likeness (QED) is 0.763. The highest BCUT2D eigenvalue weighted by molar-refractivity contribution is 6.37. The standard InChI is InChI=1S/C15H16Cl2N2O4/c1-19-8-9(12(20)15(19)22)14(21)18-6-3-7-23-13-10(16)4-2-5-11(13)17/h2,4-5,20H,3,6-8H2,1H3,(H,18,21). The number of likely N-dealkylation sites (N-methyl/N-ethyl adjacent to an activating group) is 1. The first-order valence-corrected chi connectivity index (χ1v) is 7.70. The lowest BCUT2D eigenvalue weighted by atomic mass is 10.2. The van der Waals surface area contributed by atoms with Crippen LogP contribution in [-0.2, 0) is 9.59 Å². The van der Waals surface area contributed by atoms with Crippen LogP contribution in [-0.4, -0.2) is 48.6 Å². The highest BCUT2D eigenvalue weighted by Crippen LogP contribution is 2.32. The number of hydrogen-bond donors (Lipinski definition) is 2. The van der Waals surface area contributed by atoms with Crippen molar-refractivity contribution in [2.45, 2.75) is 6.42 Å². The van der Waals surface area contributed by atoms with E-state index in [1.807, 2.05) is 0 Å². The Kier molecular flexibility index (Phi) is 5.74. The molecule has 0 aromatic heterocycles. The van der Waals surface area contributed by atoms with Gasteiger partial charge >= 0.3 is 0 Å². The average Bonchev–Trinajstić information content (AvgIpc) is 2.77. The third kappa shape index (κ3) is 4.09. The van der Waals surface area contributed by atoms with Crippen LogP contribution in [0.4, 0.5) is 0 Å². The molecule has 1 aliphatic rings. The number of hydrogen-bond acceptors (Lipinski definition) is 4. The molecule has 6 nitrogen and oxygen atoms in total. The molecule has 124 valence electrons. The van der Waals surface area contributed by atoms with Gasteiger partial charge in [-0.2, -0.15) is 0 Å². The number of benzene rings is 1. The zero-order valence-corrected chi connectivity index (χ0v) is 13.9. The summed E-state index contributed by atoms with van der Waals surface area (Å²) >= 11 is 11.9. The monoisotopic (exact) mass is 358 g/mol. The maximum Gasteiger partial charge on any atom is 0.289 e. The van der Waals surface area contributed by atoms with Gasteiger partial charge in [-0.05, 0) is 18.6 Å². The van der Waals surface area contributed by atoms with Gasteiger partial charge in [0.15, 0.2) is 11.5 Å². The van der Waals surface area contributed by atoms with E-state index < -0.39 is 17.6 Å². The molecule has 8 heteroatoms. The van der Waals surface area contributed by atoms with E-state index in [1.54, 1.807) is 18.2 Å². The minimum atomic E-state index is -0.549. The second kappa shape index (κ2) is 7.57. The van der Waals surface area contributed by atoms with Crippen LogP contribution in [0.2, 0.25) is 10.0 Å². The smallest absolute Gasteiger partial charge is 0.289 e. The molecule has 2 amide bonds. The van der Waals surface area contributed by atoms with Crippen molar-refractivity contribution in [1.82, 2.24) is 10.2 Å². The van der Waals surface area contributed by atoms with Gasteiger partial charge in [0.2, 0.25) is 0 Å². The number of amides is 2. The minimum absolute atomic E-state index is 0.0765. The molecule has 0 bridgehead atoms. The predicted octanol–water partition coefficient (Wildman–Crippen LogP) is 2.16. The first-order valence-electron chi connectivity index (χ1n) is 6.94. The van der Waals surface area contributed by atoms with E-state index in [-0.39, 0.29) is 12.1 Å².